The van der Waals surface area contributed by atoms with Crippen LogP contribution in [-0.2, 0) is 14.3 Å². The monoisotopic (exact) mass is 772 g/mol. The number of rotatable bonds is 1. The molecule has 0 unspecified atom stereocenters. The highest BCUT2D eigenvalue weighted by molar-refractivity contribution is 6.20. The van der Waals surface area contributed by atoms with Crippen LogP contribution in [0.4, 0.5) is 5.69 Å². The molecular weight excluding hydrogens is 713 g/mol. The Balaban J connectivity index is 1.73. The molecule has 7 atom stereocenters. The number of fused-ring (bicyclic) bond motifs is 13. The molecule has 12 heteroatoms. The van der Waals surface area contributed by atoms with Crippen molar-refractivity contribution >= 4 is 34.1 Å². The topological polar surface area (TPSA) is 170 Å². The molecule has 0 radical (unpaired) electrons. The number of hydrogen-bond acceptors (Lipinski definition) is 11. The standard InChI is InChI=1S/C44H60N4O8/c1-24-15-14-17-26(3)43(54)47-36-35-34(45-19-12-13-21-48(9)22-20-46-35)31-32(39(36)52)38(51)29(6)41-33(31)42(53)44(8,56-41)18-11-10-16-25(2)40(55-30(7)49)28(5)37(50)27(4)23-24/h10-11,14-15,17,24-25,27-28,37,40,50-52H,12-13,16,18-23H2,1-9H3,(H,47,54)/b11-10+,15-14+,26-17-,45-34?,46-35?/t24-,25+,27+,28+,37+,40+,44+/m0/s1. The number of aliphatic hydroxyl groups excluding tert-OH is 1. The van der Waals surface area contributed by atoms with Gasteiger partial charge in [-0.3, -0.25) is 24.4 Å². The van der Waals surface area contributed by atoms with E-state index >= 15 is 0 Å². The van der Waals surface area contributed by atoms with Crippen molar-refractivity contribution in [2.45, 2.75) is 105 Å². The molecule has 4 aliphatic rings. The number of aromatic hydroxyl groups is 2. The second-order valence-corrected chi connectivity index (χ2v) is 16.5. The Labute approximate surface area is 330 Å². The lowest BCUT2D eigenvalue weighted by molar-refractivity contribution is -0.156. The van der Waals surface area contributed by atoms with E-state index in [1.807, 2.05) is 53.0 Å². The maximum Gasteiger partial charge on any atom is 0.302 e. The van der Waals surface area contributed by atoms with E-state index in [1.165, 1.54) is 6.92 Å². The molecule has 0 aromatic heterocycles. The number of anilines is 1. The van der Waals surface area contributed by atoms with Crippen LogP contribution in [0.2, 0.25) is 0 Å². The number of amides is 1. The molecule has 0 saturated heterocycles. The summed E-state index contributed by atoms with van der Waals surface area (Å²) in [6, 6.07) is 0. The Kier molecular flexibility index (Phi) is 13.5. The number of carbonyl (C=O) groups excluding carboxylic acids is 3. The number of allylic oxidation sites excluding steroid dienone is 4. The molecule has 0 saturated carbocycles. The minimum absolute atomic E-state index is 0.00134. The molecule has 0 fully saturated rings. The van der Waals surface area contributed by atoms with E-state index < -0.39 is 35.4 Å². The fraction of sp³-hybridized carbons (Fsp3) is 0.568. The van der Waals surface area contributed by atoms with Crippen molar-refractivity contribution < 1.29 is 39.2 Å². The third kappa shape index (κ3) is 8.86. The number of likely N-dealkylation sites (N-methyl/N-ethyl adjacent to an activating group) is 1. The molecule has 1 amide bonds. The van der Waals surface area contributed by atoms with Crippen molar-refractivity contribution in [3.63, 3.8) is 0 Å². The number of aliphatic hydroxyl groups is 1. The SMILES string of the molecule is CC(=O)O[C@H]1[C@H](C)[C@H](O)[C@H](C)C[C@@H](C)/C=C/C=C(/C)C(=O)Nc2c(O)c3c(O)c(C)c4c(c3c3c2=NCCN(C)CCCCN=3)C(=O)[C@@](C)(C/C=C/C[C@H]1C)O4. The zero-order valence-corrected chi connectivity index (χ0v) is 34.4. The summed E-state index contributed by atoms with van der Waals surface area (Å²) in [7, 11) is 2.02. The molecule has 4 aliphatic heterocycles. The third-order valence-electron chi connectivity index (χ3n) is 11.6. The quantitative estimate of drug-likeness (QED) is 0.157. The van der Waals surface area contributed by atoms with E-state index in [2.05, 4.69) is 10.2 Å². The molecule has 6 rings (SSSR count). The molecule has 12 nitrogen and oxygen atoms in total. The number of ether oxygens (including phenoxy) is 2. The lowest BCUT2D eigenvalue weighted by atomic mass is 9.80. The molecule has 5 bridgehead atoms. The maximum absolute atomic E-state index is 14.7. The molecule has 2 aromatic rings. The number of benzene rings is 2. The van der Waals surface area contributed by atoms with E-state index in [4.69, 9.17) is 19.5 Å². The van der Waals surface area contributed by atoms with Gasteiger partial charge in [-0.05, 0) is 77.8 Å². The summed E-state index contributed by atoms with van der Waals surface area (Å²) in [5, 5.41) is 38.9. The number of phenols is 2. The smallest absolute Gasteiger partial charge is 0.302 e. The zero-order valence-electron chi connectivity index (χ0n) is 34.4. The van der Waals surface area contributed by atoms with Crippen LogP contribution in [0, 0.1) is 30.6 Å². The van der Waals surface area contributed by atoms with Gasteiger partial charge in [0.2, 0.25) is 5.78 Å². The van der Waals surface area contributed by atoms with Crippen molar-refractivity contribution in [1.82, 2.24) is 4.90 Å². The van der Waals surface area contributed by atoms with Crippen molar-refractivity contribution in [3.8, 4) is 17.2 Å². The Bertz CT molecular complexity index is 2070. The third-order valence-corrected chi connectivity index (χ3v) is 11.6. The Morgan fingerprint density at radius 3 is 2.41 bits per heavy atom. The van der Waals surface area contributed by atoms with Crippen molar-refractivity contribution in [2.75, 3.05) is 38.5 Å². The summed E-state index contributed by atoms with van der Waals surface area (Å²) < 4.78 is 12.3. The van der Waals surface area contributed by atoms with Crippen molar-refractivity contribution in [3.05, 3.63) is 57.8 Å². The summed E-state index contributed by atoms with van der Waals surface area (Å²) in [5.74, 6) is -2.31. The van der Waals surface area contributed by atoms with Crippen LogP contribution in [0.25, 0.3) is 10.8 Å². The number of hydrogen-bond donors (Lipinski definition) is 4. The van der Waals surface area contributed by atoms with Crippen molar-refractivity contribution in [1.29, 1.82) is 0 Å². The van der Waals surface area contributed by atoms with Crippen LogP contribution in [0.5, 0.6) is 17.2 Å². The first-order chi connectivity index (χ1) is 26.5. The summed E-state index contributed by atoms with van der Waals surface area (Å²) in [4.78, 5) is 52.8. The fourth-order valence-corrected chi connectivity index (χ4v) is 8.23. The number of ketones is 1. The lowest BCUT2D eigenvalue weighted by Gasteiger charge is -2.34. The molecule has 4 heterocycles. The van der Waals surface area contributed by atoms with Gasteiger partial charge in [0.05, 0.1) is 29.0 Å². The summed E-state index contributed by atoms with van der Waals surface area (Å²) in [5.41, 5.74) is -0.522. The van der Waals surface area contributed by atoms with Gasteiger partial charge in [0.1, 0.15) is 28.6 Å². The number of phenolic OH excluding ortho intramolecular Hbond substituents is 2. The van der Waals surface area contributed by atoms with Crippen LogP contribution in [0.15, 0.2) is 45.9 Å². The van der Waals surface area contributed by atoms with E-state index in [-0.39, 0.29) is 80.3 Å². The lowest BCUT2D eigenvalue weighted by Crippen LogP contribution is -2.40. The summed E-state index contributed by atoms with van der Waals surface area (Å²) in [6.07, 6.45) is 11.0. The average molecular weight is 773 g/mol. The van der Waals surface area contributed by atoms with Crippen molar-refractivity contribution in [2.24, 2.45) is 33.7 Å². The van der Waals surface area contributed by atoms with Crippen LogP contribution in [0.3, 0.4) is 0 Å². The predicted molar refractivity (Wildman–Crippen MR) is 217 cm³/mol. The van der Waals surface area contributed by atoms with E-state index in [0.29, 0.717) is 43.4 Å². The van der Waals surface area contributed by atoms with E-state index in [9.17, 15) is 29.7 Å². The Morgan fingerprint density at radius 1 is 0.982 bits per heavy atom. The number of Topliss-reactive ketones (excluding diaryl/α,β-unsaturated/α-hetero) is 1. The largest absolute Gasteiger partial charge is 0.507 e. The zero-order chi connectivity index (χ0) is 41.1. The van der Waals surface area contributed by atoms with Crippen LogP contribution in [0.1, 0.15) is 96.5 Å². The maximum atomic E-state index is 14.7. The summed E-state index contributed by atoms with van der Waals surface area (Å²) in [6.45, 7) is 16.5. The molecule has 56 heavy (non-hydrogen) atoms. The normalized spacial score (nSPS) is 30.8. The number of nitrogens with one attached hydrogen (secondary N) is 1. The van der Waals surface area contributed by atoms with E-state index in [1.54, 1.807) is 32.9 Å². The number of esters is 1. The van der Waals surface area contributed by atoms with Crippen LogP contribution < -0.4 is 20.8 Å². The molecule has 4 N–H and O–H groups in total. The van der Waals surface area contributed by atoms with Gasteiger partial charge < -0.3 is 35.0 Å². The van der Waals surface area contributed by atoms with Gasteiger partial charge in [-0.1, -0.05) is 58.1 Å². The molecule has 0 spiro atoms. The number of nitrogens with zero attached hydrogens (tertiary/aromatic N) is 3. The first kappa shape index (κ1) is 42.6. The average Bonchev–Trinajstić information content (AvgIpc) is 3.38. The van der Waals surface area contributed by atoms with Gasteiger partial charge in [-0.15, -0.1) is 0 Å². The van der Waals surface area contributed by atoms with Gasteiger partial charge in [0.25, 0.3) is 5.91 Å². The highest BCUT2D eigenvalue weighted by Gasteiger charge is 2.47. The van der Waals surface area contributed by atoms with E-state index in [0.717, 1.165) is 19.4 Å². The van der Waals surface area contributed by atoms with Gasteiger partial charge >= 0.3 is 5.97 Å². The minimum atomic E-state index is -1.36. The highest BCUT2D eigenvalue weighted by atomic mass is 16.5. The van der Waals surface area contributed by atoms with Gasteiger partial charge in [-0.25, -0.2) is 0 Å². The Hall–Kier alpha value is -4.55. The molecule has 2 aromatic carbocycles. The second-order valence-electron chi connectivity index (χ2n) is 16.5. The second kappa shape index (κ2) is 17.7. The fourth-order valence-electron chi connectivity index (χ4n) is 8.23. The highest BCUT2D eigenvalue weighted by Crippen LogP contribution is 2.49. The molecule has 0 aliphatic carbocycles. The van der Waals surface area contributed by atoms with Gasteiger partial charge in [0, 0.05) is 48.9 Å². The van der Waals surface area contributed by atoms with Crippen LogP contribution in [-0.4, -0.2) is 88.9 Å². The van der Waals surface area contributed by atoms with Gasteiger partial charge in [-0.2, -0.15) is 0 Å². The van der Waals surface area contributed by atoms with Gasteiger partial charge in [0.15, 0.2) is 11.4 Å². The molecule has 304 valence electrons. The Morgan fingerprint density at radius 2 is 1.70 bits per heavy atom. The summed E-state index contributed by atoms with van der Waals surface area (Å²) >= 11 is 0. The molecular formula is C44H60N4O8. The first-order valence-corrected chi connectivity index (χ1v) is 20.0. The first-order valence-electron chi connectivity index (χ1n) is 20.0. The van der Waals surface area contributed by atoms with Crippen LogP contribution >= 0.6 is 0 Å². The number of carbonyl (C=O) groups is 3. The minimum Gasteiger partial charge on any atom is -0.507 e. The predicted octanol–water partition coefficient (Wildman–Crippen LogP) is 5.88.